The van der Waals surface area contributed by atoms with Crippen molar-refractivity contribution in [1.29, 1.82) is 0 Å². The summed E-state index contributed by atoms with van der Waals surface area (Å²) < 4.78 is 45.0. The smallest absolute Gasteiger partial charge is 0.244 e. The molecule has 0 saturated carbocycles. The van der Waals surface area contributed by atoms with Crippen molar-refractivity contribution in [2.75, 3.05) is 145 Å². The first kappa shape index (κ1) is 121. The predicted octanol–water partition coefficient (Wildman–Crippen LogP) is 19.3. The largest absolute Gasteiger partial charge is 0.379 e. The maximum Gasteiger partial charge on any atom is 0.244 e. The molecule has 0 unspecified atom stereocenters. The Balaban J connectivity index is 1.02. The van der Waals surface area contributed by atoms with Crippen LogP contribution in [0.5, 0.6) is 0 Å². The Morgan fingerprint density at radius 3 is 0.971 bits per heavy atom. The van der Waals surface area contributed by atoms with E-state index >= 15 is 0 Å². The van der Waals surface area contributed by atoms with Crippen molar-refractivity contribution < 1.29 is 76.3 Å². The third-order valence-electron chi connectivity index (χ3n) is 24.7. The van der Waals surface area contributed by atoms with E-state index in [2.05, 4.69) is 195 Å². The van der Waals surface area contributed by atoms with Crippen molar-refractivity contribution in [3.63, 3.8) is 0 Å². The number of hydrogen-bond acceptors (Lipinski definition) is 16. The Kier molecular flexibility index (Phi) is 60.4. The average Bonchev–Trinajstić information content (AvgIpc) is 0.834. The normalized spacial score (nSPS) is 17.9. The zero-order valence-electron chi connectivity index (χ0n) is 87.6. The highest BCUT2D eigenvalue weighted by Gasteiger charge is 2.31. The van der Waals surface area contributed by atoms with Gasteiger partial charge in [0.2, 0.25) is 47.3 Å². The van der Waals surface area contributed by atoms with E-state index in [9.17, 15) is 38.4 Å². The van der Waals surface area contributed by atoms with E-state index in [1.807, 2.05) is 107 Å². The molecule has 766 valence electrons. The van der Waals surface area contributed by atoms with Crippen molar-refractivity contribution in [3.05, 3.63) is 235 Å². The third kappa shape index (κ3) is 54.7. The number of carbonyl (C=O) groups is 8. The summed E-state index contributed by atoms with van der Waals surface area (Å²) in [5.41, 5.74) is 18.2. The van der Waals surface area contributed by atoms with E-state index in [1.54, 1.807) is 12.2 Å². The Labute approximate surface area is 829 Å². The van der Waals surface area contributed by atoms with E-state index in [0.29, 0.717) is 104 Å². The molecule has 0 heterocycles. The quantitative estimate of drug-likeness (QED) is 0.0159. The second kappa shape index (κ2) is 69.2. The molecule has 0 bridgehead atoms. The maximum absolute atomic E-state index is 13.6. The number of ether oxygens (including phenoxy) is 8. The molecule has 0 aromatic rings. The second-order valence-electron chi connectivity index (χ2n) is 39.2. The fourth-order valence-corrected chi connectivity index (χ4v) is 16.7. The van der Waals surface area contributed by atoms with Gasteiger partial charge in [-0.2, -0.15) is 0 Å². The molecule has 0 spiro atoms. The highest BCUT2D eigenvalue weighted by Crippen LogP contribution is 2.44. The van der Waals surface area contributed by atoms with Crippen LogP contribution in [0.4, 0.5) is 0 Å². The first-order valence-corrected chi connectivity index (χ1v) is 50.4. The molecule has 0 saturated heterocycles. The standard InChI is InChI=1S/C114H174N8O16/c1-86(48-51-98-94(9)42-31-57-112(98,14)15)35-27-38-90(5)83-106(126)116-61-26-24-47-102(122-108(128)85-92(7)40-29-37-88(3)50-53-100-96(11)44-33-59-114(100,18)19)110(130)120-65-71-136-77-75-134-69-63-118-104(124)55-67-132-73-79-138-81-80-137-78-72-131-66-54-103(123)117-62-68-133-74-76-135-70-64-119-109(129)101(121-107(127)84-91(6)39-28-36-87(2)49-52-99-95(10)43-32-58-113(99,16)17)46-23-25-60-115-105(125)82-89(4)34-21-20-22-45-97-93(8)41-30-56-111(97,12)13/h20-22,27-29,34-41,45,48-53,82-85,101-102H,23-26,30-33,42-44,46-47,54-81H2,1-19H3,(H,115,125)(H,116,126)(H,117,123)(H,118,124)(H,119,129)(H,120,130)(H,121,127)(H,122,128)/b22-20+,34-21+,38-27+,39-28+,40-29+,51-48+,52-49+,53-50+,86-35+,87-36+,88-37+,89-82+,90-83+,91-84+,92-85+,97-45-/t101-,102-/m1/s1. The lowest BCUT2D eigenvalue weighted by Gasteiger charge is -2.33. The highest BCUT2D eigenvalue weighted by molar-refractivity contribution is 5.94. The van der Waals surface area contributed by atoms with Crippen LogP contribution in [0, 0.1) is 21.7 Å². The molecule has 8 amide bonds. The van der Waals surface area contributed by atoms with Gasteiger partial charge in [0, 0.05) is 76.4 Å². The summed E-state index contributed by atoms with van der Waals surface area (Å²) >= 11 is 0. The Hall–Kier alpha value is -9.76. The minimum absolute atomic E-state index is 0.139. The minimum Gasteiger partial charge on any atom is -0.379 e. The van der Waals surface area contributed by atoms with Crippen LogP contribution in [0.1, 0.15) is 254 Å². The second-order valence-corrected chi connectivity index (χ2v) is 39.2. The van der Waals surface area contributed by atoms with Crippen molar-refractivity contribution in [1.82, 2.24) is 42.5 Å². The predicted molar refractivity (Wildman–Crippen MR) is 561 cm³/mol. The van der Waals surface area contributed by atoms with Gasteiger partial charge in [-0.25, -0.2) is 0 Å². The third-order valence-corrected chi connectivity index (χ3v) is 24.7. The van der Waals surface area contributed by atoms with Gasteiger partial charge in [-0.1, -0.05) is 222 Å². The van der Waals surface area contributed by atoms with Gasteiger partial charge in [0.1, 0.15) is 12.1 Å². The summed E-state index contributed by atoms with van der Waals surface area (Å²) in [6.45, 7) is 47.3. The molecule has 8 N–H and O–H groups in total. The molecule has 138 heavy (non-hydrogen) atoms. The van der Waals surface area contributed by atoms with E-state index in [-0.39, 0.29) is 155 Å². The number of nitrogens with one attached hydrogen (secondary N) is 8. The van der Waals surface area contributed by atoms with Crippen LogP contribution in [-0.2, 0) is 76.3 Å². The molecule has 0 aromatic carbocycles. The fraction of sp³-hybridized carbons (Fsp3) is 0.579. The molecular formula is C114H174N8O16. The molecule has 0 fully saturated rings. The van der Waals surface area contributed by atoms with Crippen LogP contribution in [0.25, 0.3) is 0 Å². The van der Waals surface area contributed by atoms with Crippen LogP contribution in [0.15, 0.2) is 235 Å². The number of unbranched alkanes of at least 4 members (excludes halogenated alkanes) is 2. The Morgan fingerprint density at radius 1 is 0.326 bits per heavy atom. The minimum atomic E-state index is -0.824. The van der Waals surface area contributed by atoms with Crippen molar-refractivity contribution >= 4 is 47.3 Å². The van der Waals surface area contributed by atoms with Gasteiger partial charge in [-0.05, 0) is 252 Å². The molecule has 0 radical (unpaired) electrons. The first-order chi connectivity index (χ1) is 65.9. The number of amides is 8. The molecule has 24 nitrogen and oxygen atoms in total. The lowest BCUT2D eigenvalue weighted by atomic mass is 9.72. The fourth-order valence-electron chi connectivity index (χ4n) is 16.7. The number of carbonyl (C=O) groups excluding carboxylic acids is 8. The van der Waals surface area contributed by atoms with Crippen molar-refractivity contribution in [2.24, 2.45) is 21.7 Å². The van der Waals surface area contributed by atoms with E-state index in [0.717, 1.165) is 71.1 Å². The maximum atomic E-state index is 13.6. The number of allylic oxidation sites excluding steroid dienone is 36. The molecule has 0 aromatic heterocycles. The van der Waals surface area contributed by atoms with Gasteiger partial charge >= 0.3 is 0 Å². The van der Waals surface area contributed by atoms with Gasteiger partial charge in [-0.15, -0.1) is 0 Å². The van der Waals surface area contributed by atoms with E-state index < -0.39 is 18.0 Å². The lowest BCUT2D eigenvalue weighted by Crippen LogP contribution is -2.47. The first-order valence-electron chi connectivity index (χ1n) is 50.4. The van der Waals surface area contributed by atoms with Crippen LogP contribution >= 0.6 is 0 Å². The Morgan fingerprint density at radius 2 is 0.638 bits per heavy atom. The van der Waals surface area contributed by atoms with Gasteiger partial charge < -0.3 is 80.4 Å². The molecule has 0 aliphatic heterocycles. The number of rotatable bonds is 66. The molecular weight excluding hydrogens is 1740 g/mol. The zero-order chi connectivity index (χ0) is 101. The lowest BCUT2D eigenvalue weighted by molar-refractivity contribution is -0.127. The highest BCUT2D eigenvalue weighted by atomic mass is 16.6. The monoisotopic (exact) mass is 1910 g/mol. The molecule has 4 aliphatic carbocycles. The zero-order valence-corrected chi connectivity index (χ0v) is 87.6. The van der Waals surface area contributed by atoms with Gasteiger partial charge in [0.15, 0.2) is 0 Å². The summed E-state index contributed by atoms with van der Waals surface area (Å²) in [4.78, 5) is 104. The summed E-state index contributed by atoms with van der Waals surface area (Å²) in [6.07, 6.45) is 65.3. The average molecular weight is 1910 g/mol. The van der Waals surface area contributed by atoms with Gasteiger partial charge in [0.05, 0.1) is 106 Å². The van der Waals surface area contributed by atoms with Gasteiger partial charge in [0.25, 0.3) is 0 Å². The summed E-state index contributed by atoms with van der Waals surface area (Å²) in [7, 11) is 0. The topological polar surface area (TPSA) is 307 Å². The van der Waals surface area contributed by atoms with Crippen molar-refractivity contribution in [2.45, 2.75) is 266 Å². The SMILES string of the molecule is CC1=CCCC(C)(C)\C1=C/C=C/C=C/C(C)=C/C(=O)NCCCC[C@@H](NC(=O)/C=C(C)/C=C/C=C(C)/C=C/C1=C(C)CCCC1(C)C)C(=O)NCCOCCOCCNC(=O)CCOCCOCCOCCOCCC(=O)NCCOCCOCCNC(=O)[C@@H](CCCCNC(=O)/C=C(C)/C=C/C=C(C)/C=C/C1=C(C)CCCC1(C)C)NC(=O)/C=C(C)/C=C/C=C(C)/C=C/C1=C(C)CCCC1(C)C. The van der Waals surface area contributed by atoms with Gasteiger partial charge in [-0.3, -0.25) is 38.4 Å². The summed E-state index contributed by atoms with van der Waals surface area (Å²) in [5, 5.41) is 23.1. The summed E-state index contributed by atoms with van der Waals surface area (Å²) in [6, 6.07) is -1.65. The number of hydrogen-bond donors (Lipinski definition) is 8. The molecule has 4 aliphatic rings. The van der Waals surface area contributed by atoms with Crippen LogP contribution < -0.4 is 42.5 Å². The van der Waals surface area contributed by atoms with Crippen molar-refractivity contribution in [3.8, 4) is 0 Å². The van der Waals surface area contributed by atoms with E-state index in [4.69, 9.17) is 37.9 Å². The molecule has 4 rings (SSSR count). The molecule has 2 atom stereocenters. The van der Waals surface area contributed by atoms with Crippen LogP contribution in [0.3, 0.4) is 0 Å². The molecule has 24 heteroatoms. The Bertz CT molecular complexity index is 4510. The van der Waals surface area contributed by atoms with Crippen LogP contribution in [0.2, 0.25) is 0 Å². The summed E-state index contributed by atoms with van der Waals surface area (Å²) in [5.74, 6) is -2.22. The van der Waals surface area contributed by atoms with Crippen LogP contribution in [-0.4, -0.2) is 204 Å². The van der Waals surface area contributed by atoms with E-state index in [1.165, 1.54) is 95.3 Å².